The van der Waals surface area contributed by atoms with Crippen LogP contribution in [0.5, 0.6) is 0 Å². The molecule has 1 fully saturated rings. The summed E-state index contributed by atoms with van der Waals surface area (Å²) in [5, 5.41) is 3.30. The quantitative estimate of drug-likeness (QED) is 0.161. The van der Waals surface area contributed by atoms with Crippen molar-refractivity contribution in [3.63, 3.8) is 0 Å². The number of hydrogen-bond donors (Lipinski definition) is 0. The van der Waals surface area contributed by atoms with Gasteiger partial charge in [0.1, 0.15) is 0 Å². The summed E-state index contributed by atoms with van der Waals surface area (Å²) in [5.74, 6) is -1.91. The lowest BCUT2D eigenvalue weighted by Crippen LogP contribution is -2.58. The van der Waals surface area contributed by atoms with E-state index in [4.69, 9.17) is 29.2 Å². The van der Waals surface area contributed by atoms with E-state index in [0.717, 1.165) is 6.92 Å². The Balaban J connectivity index is 2.92. The SMILES string of the molecule is CC(=O)O[C@H]1[C@H](OC(C)=O)COC(OCCN=[N+]=[N-])[C@@H]1OC(C)=O. The van der Waals surface area contributed by atoms with Crippen molar-refractivity contribution in [2.24, 2.45) is 5.11 Å². The van der Waals surface area contributed by atoms with Gasteiger partial charge >= 0.3 is 17.9 Å². The van der Waals surface area contributed by atoms with Crippen molar-refractivity contribution in [1.82, 2.24) is 0 Å². The van der Waals surface area contributed by atoms with Gasteiger partial charge in [-0.05, 0) is 5.53 Å². The molecule has 0 saturated carbocycles. The molecule has 0 aromatic carbocycles. The fourth-order valence-corrected chi connectivity index (χ4v) is 2.11. The summed E-state index contributed by atoms with van der Waals surface area (Å²) in [6.45, 7) is 3.43. The summed E-state index contributed by atoms with van der Waals surface area (Å²) in [7, 11) is 0. The average Bonchev–Trinajstić information content (AvgIpc) is 2.47. The third kappa shape index (κ3) is 6.41. The van der Waals surface area contributed by atoms with Crippen molar-refractivity contribution in [2.75, 3.05) is 19.8 Å². The molecule has 0 aliphatic carbocycles. The minimum Gasteiger partial charge on any atom is -0.456 e. The zero-order valence-corrected chi connectivity index (χ0v) is 13.5. The molecule has 0 spiro atoms. The second-order valence-electron chi connectivity index (χ2n) is 4.82. The molecule has 11 heteroatoms. The molecule has 1 aliphatic heterocycles. The molecule has 1 aliphatic rings. The van der Waals surface area contributed by atoms with Crippen molar-refractivity contribution < 1.29 is 38.1 Å². The highest BCUT2D eigenvalue weighted by Crippen LogP contribution is 2.25. The largest absolute Gasteiger partial charge is 0.456 e. The highest BCUT2D eigenvalue weighted by molar-refractivity contribution is 5.68. The minimum atomic E-state index is -1.14. The molecule has 24 heavy (non-hydrogen) atoms. The van der Waals surface area contributed by atoms with Gasteiger partial charge in [-0.25, -0.2) is 0 Å². The normalized spacial score (nSPS) is 26.0. The van der Waals surface area contributed by atoms with E-state index in [1.165, 1.54) is 13.8 Å². The Morgan fingerprint density at radius 3 is 2.21 bits per heavy atom. The molecule has 1 rings (SSSR count). The van der Waals surface area contributed by atoms with Gasteiger partial charge in [-0.2, -0.15) is 0 Å². The second-order valence-corrected chi connectivity index (χ2v) is 4.82. The number of rotatable bonds is 7. The lowest BCUT2D eigenvalue weighted by Gasteiger charge is -2.40. The summed E-state index contributed by atoms with van der Waals surface area (Å²) < 4.78 is 26.1. The molecular formula is C13H19N3O8. The summed E-state index contributed by atoms with van der Waals surface area (Å²) in [6.07, 6.45) is -4.25. The number of azide groups is 1. The van der Waals surface area contributed by atoms with Gasteiger partial charge in [-0.15, -0.1) is 0 Å². The fourth-order valence-electron chi connectivity index (χ4n) is 2.11. The molecular weight excluding hydrogens is 326 g/mol. The van der Waals surface area contributed by atoms with Crippen LogP contribution in [0.25, 0.3) is 10.4 Å². The number of esters is 3. The topological polar surface area (TPSA) is 146 Å². The van der Waals surface area contributed by atoms with Crippen molar-refractivity contribution in [3.8, 4) is 0 Å². The molecule has 11 nitrogen and oxygen atoms in total. The third-order valence-electron chi connectivity index (χ3n) is 2.84. The number of carbonyl (C=O) groups is 3. The molecule has 0 radical (unpaired) electrons. The first-order chi connectivity index (χ1) is 11.3. The molecule has 0 amide bonds. The van der Waals surface area contributed by atoms with Gasteiger partial charge in [-0.3, -0.25) is 14.4 Å². The lowest BCUT2D eigenvalue weighted by atomic mass is 10.0. The van der Waals surface area contributed by atoms with Crippen LogP contribution in [0.2, 0.25) is 0 Å². The molecule has 1 unspecified atom stereocenters. The van der Waals surface area contributed by atoms with Crippen LogP contribution in [0.1, 0.15) is 20.8 Å². The van der Waals surface area contributed by atoms with Crippen LogP contribution in [0.3, 0.4) is 0 Å². The van der Waals surface area contributed by atoms with E-state index in [-0.39, 0.29) is 19.8 Å². The maximum atomic E-state index is 11.3. The van der Waals surface area contributed by atoms with Gasteiger partial charge in [-0.1, -0.05) is 5.11 Å². The van der Waals surface area contributed by atoms with E-state index in [2.05, 4.69) is 10.0 Å². The second kappa shape index (κ2) is 9.71. The molecule has 0 N–H and O–H groups in total. The smallest absolute Gasteiger partial charge is 0.303 e. The predicted octanol–water partition coefficient (Wildman–Crippen LogP) is 0.465. The van der Waals surface area contributed by atoms with Crippen LogP contribution >= 0.6 is 0 Å². The molecule has 0 aromatic rings. The Bertz CT molecular complexity index is 519. The Labute approximate surface area is 137 Å². The number of ether oxygens (including phenoxy) is 5. The van der Waals surface area contributed by atoms with E-state index in [1.807, 2.05) is 0 Å². The number of hydrogen-bond acceptors (Lipinski definition) is 9. The number of nitrogens with zero attached hydrogens (tertiary/aromatic N) is 3. The van der Waals surface area contributed by atoms with E-state index >= 15 is 0 Å². The van der Waals surface area contributed by atoms with Crippen LogP contribution in [-0.2, 0) is 38.1 Å². The Morgan fingerprint density at radius 1 is 1.08 bits per heavy atom. The molecule has 1 heterocycles. The van der Waals surface area contributed by atoms with E-state index in [1.54, 1.807) is 0 Å². The molecule has 1 saturated heterocycles. The average molecular weight is 345 g/mol. The van der Waals surface area contributed by atoms with Crippen LogP contribution in [0.15, 0.2) is 5.11 Å². The standard InChI is InChI=1S/C13H19N3O8/c1-7(17)22-10-6-21-13(20-5-4-15-16-14)12(24-9(3)19)11(10)23-8(2)18/h10-13H,4-6H2,1-3H3/t10-,11+,12-,13?/m1/s1. The molecule has 134 valence electrons. The summed E-state index contributed by atoms with van der Waals surface area (Å²) in [4.78, 5) is 36.5. The number of carbonyl (C=O) groups excluding carboxylic acids is 3. The third-order valence-corrected chi connectivity index (χ3v) is 2.84. The summed E-state index contributed by atoms with van der Waals surface area (Å²) in [6, 6.07) is 0. The van der Waals surface area contributed by atoms with Gasteiger partial charge in [0.05, 0.1) is 13.2 Å². The predicted molar refractivity (Wildman–Crippen MR) is 76.4 cm³/mol. The highest BCUT2D eigenvalue weighted by Gasteiger charge is 2.47. The maximum Gasteiger partial charge on any atom is 0.303 e. The van der Waals surface area contributed by atoms with Gasteiger partial charge in [0.15, 0.2) is 24.6 Å². The molecule has 0 aromatic heterocycles. The van der Waals surface area contributed by atoms with Gasteiger partial charge in [0.25, 0.3) is 0 Å². The zero-order valence-electron chi connectivity index (χ0n) is 13.5. The van der Waals surface area contributed by atoms with Crippen molar-refractivity contribution >= 4 is 17.9 Å². The highest BCUT2D eigenvalue weighted by atomic mass is 16.7. The van der Waals surface area contributed by atoms with Crippen LogP contribution < -0.4 is 0 Å². The summed E-state index contributed by atoms with van der Waals surface area (Å²) in [5.41, 5.74) is 8.23. The molecule has 0 bridgehead atoms. The van der Waals surface area contributed by atoms with Crippen molar-refractivity contribution in [2.45, 2.75) is 45.4 Å². The van der Waals surface area contributed by atoms with Crippen molar-refractivity contribution in [3.05, 3.63) is 10.4 Å². The maximum absolute atomic E-state index is 11.3. The molecule has 4 atom stereocenters. The van der Waals surface area contributed by atoms with Gasteiger partial charge in [0.2, 0.25) is 0 Å². The first-order valence-corrected chi connectivity index (χ1v) is 7.11. The van der Waals surface area contributed by atoms with Gasteiger partial charge < -0.3 is 23.7 Å². The minimum absolute atomic E-state index is 0.00247. The van der Waals surface area contributed by atoms with E-state index < -0.39 is 42.5 Å². The fraction of sp³-hybridized carbons (Fsp3) is 0.769. The van der Waals surface area contributed by atoms with Crippen LogP contribution in [0.4, 0.5) is 0 Å². The first kappa shape index (κ1) is 19.7. The van der Waals surface area contributed by atoms with Crippen molar-refractivity contribution in [1.29, 1.82) is 0 Å². The Morgan fingerprint density at radius 2 is 1.67 bits per heavy atom. The zero-order chi connectivity index (χ0) is 18.1. The Kier molecular flexibility index (Phi) is 7.96. The van der Waals surface area contributed by atoms with E-state index in [0.29, 0.717) is 0 Å². The van der Waals surface area contributed by atoms with Gasteiger partial charge in [0, 0.05) is 32.2 Å². The first-order valence-electron chi connectivity index (χ1n) is 7.11. The summed E-state index contributed by atoms with van der Waals surface area (Å²) >= 11 is 0. The monoisotopic (exact) mass is 345 g/mol. The van der Waals surface area contributed by atoms with Crippen LogP contribution in [-0.4, -0.2) is 62.3 Å². The lowest BCUT2D eigenvalue weighted by molar-refractivity contribution is -0.280. The van der Waals surface area contributed by atoms with E-state index in [9.17, 15) is 14.4 Å². The van der Waals surface area contributed by atoms with Crippen LogP contribution in [0, 0.1) is 0 Å². The Hall–Kier alpha value is -2.36.